The third-order valence-corrected chi connectivity index (χ3v) is 10.9. The molecule has 0 fully saturated rings. The molecule has 0 aliphatic rings. The smallest absolute Gasteiger partial charge is 0.164 e. The lowest BCUT2D eigenvalue weighted by atomic mass is 10.0. The van der Waals surface area contributed by atoms with Gasteiger partial charge >= 0.3 is 0 Å². The van der Waals surface area contributed by atoms with Gasteiger partial charge in [0.05, 0.1) is 22.7 Å². The molecule has 10 rings (SSSR count). The number of fused-ring (bicyclic) bond motifs is 6. The summed E-state index contributed by atoms with van der Waals surface area (Å²) in [6, 6.07) is 58.7. The van der Waals surface area contributed by atoms with Crippen LogP contribution in [0.4, 0.5) is 0 Å². The molecule has 0 amide bonds. The highest BCUT2D eigenvalue weighted by Gasteiger charge is 2.18. The van der Waals surface area contributed by atoms with Crippen LogP contribution < -0.4 is 0 Å². The zero-order valence-electron chi connectivity index (χ0n) is 27.7. The van der Waals surface area contributed by atoms with Crippen LogP contribution in [0.25, 0.3) is 93.0 Å². The summed E-state index contributed by atoms with van der Waals surface area (Å²) in [5, 5.41) is 14.6. The normalized spacial score (nSPS) is 11.4. The average molecular weight is 682 g/mol. The maximum absolute atomic E-state index is 9.60. The van der Waals surface area contributed by atoms with Gasteiger partial charge in [0.2, 0.25) is 0 Å². The van der Waals surface area contributed by atoms with Crippen LogP contribution >= 0.6 is 11.3 Å². The molecule has 0 N–H and O–H groups in total. The standard InChI is InChI=1S/C46H27N5S/c47-28-29-11-8-14-32(25-29)45-48-44(30-12-2-1-3-13-30)49-46(50-45)33-15-9-16-34(26-33)51-40-21-6-4-17-36(40)37-24-23-31(27-41(37)51)35-19-10-20-39-38-18-5-7-22-42(38)52-43(35)39/h1-27H. The number of hydrogen-bond acceptors (Lipinski definition) is 5. The van der Waals surface area contributed by atoms with Gasteiger partial charge in [-0.2, -0.15) is 5.26 Å². The Bertz CT molecular complexity index is 3040. The fraction of sp³-hybridized carbons (Fsp3) is 0. The molecular formula is C46H27N5S. The summed E-state index contributed by atoms with van der Waals surface area (Å²) in [4.78, 5) is 14.8. The van der Waals surface area contributed by atoms with E-state index in [4.69, 9.17) is 15.0 Å². The maximum atomic E-state index is 9.60. The van der Waals surface area contributed by atoms with Crippen LogP contribution in [0.1, 0.15) is 5.56 Å². The Kier molecular flexibility index (Phi) is 6.98. The summed E-state index contributed by atoms with van der Waals surface area (Å²) >= 11 is 1.85. The van der Waals surface area contributed by atoms with E-state index < -0.39 is 0 Å². The molecular weight excluding hydrogens is 655 g/mol. The minimum Gasteiger partial charge on any atom is -0.309 e. The summed E-state index contributed by atoms with van der Waals surface area (Å²) in [7, 11) is 0. The molecule has 3 heterocycles. The van der Waals surface area contributed by atoms with Crippen LogP contribution in [-0.2, 0) is 0 Å². The summed E-state index contributed by atoms with van der Waals surface area (Å²) in [5.41, 5.74) is 8.75. The number of aromatic nitrogens is 4. The van der Waals surface area contributed by atoms with Gasteiger partial charge in [0.15, 0.2) is 17.5 Å². The van der Waals surface area contributed by atoms with Crippen LogP contribution in [0.5, 0.6) is 0 Å². The molecule has 0 atom stereocenters. The van der Waals surface area contributed by atoms with Gasteiger partial charge in [0.1, 0.15) is 0 Å². The molecule has 0 bridgehead atoms. The first-order chi connectivity index (χ1) is 25.7. The topological polar surface area (TPSA) is 67.4 Å². The number of hydrogen-bond donors (Lipinski definition) is 0. The van der Waals surface area contributed by atoms with E-state index in [1.165, 1.54) is 42.1 Å². The first-order valence-electron chi connectivity index (χ1n) is 17.1. The highest BCUT2D eigenvalue weighted by Crippen LogP contribution is 2.42. The fourth-order valence-electron chi connectivity index (χ4n) is 7.25. The molecule has 5 nitrogen and oxygen atoms in total. The molecule has 0 aliphatic heterocycles. The van der Waals surface area contributed by atoms with Crippen molar-refractivity contribution in [3.8, 4) is 57.0 Å². The van der Waals surface area contributed by atoms with Crippen molar-refractivity contribution >= 4 is 53.3 Å². The molecule has 10 aromatic rings. The van der Waals surface area contributed by atoms with Crippen LogP contribution in [0, 0.1) is 11.3 Å². The van der Waals surface area contributed by atoms with E-state index in [9.17, 15) is 5.26 Å². The Hall–Kier alpha value is -6.94. The number of para-hydroxylation sites is 1. The van der Waals surface area contributed by atoms with E-state index in [1.807, 2.05) is 65.9 Å². The molecule has 6 heteroatoms. The molecule has 242 valence electrons. The molecule has 0 unspecified atom stereocenters. The first kappa shape index (κ1) is 29.9. The van der Waals surface area contributed by atoms with Crippen molar-refractivity contribution in [2.24, 2.45) is 0 Å². The lowest BCUT2D eigenvalue weighted by Crippen LogP contribution is -2.01. The average Bonchev–Trinajstić information content (AvgIpc) is 3.77. The SMILES string of the molecule is N#Cc1cccc(-c2nc(-c3ccccc3)nc(-c3cccc(-n4c5ccccc5c5ccc(-c6cccc7c6sc6ccccc67)cc54)c3)n2)c1. The molecule has 3 aromatic heterocycles. The summed E-state index contributed by atoms with van der Waals surface area (Å²) < 4.78 is 4.94. The number of thiophene rings is 1. The van der Waals surface area contributed by atoms with Crippen molar-refractivity contribution in [3.05, 3.63) is 169 Å². The monoisotopic (exact) mass is 681 g/mol. The Balaban J connectivity index is 1.16. The molecule has 7 aromatic carbocycles. The molecule has 52 heavy (non-hydrogen) atoms. The lowest BCUT2D eigenvalue weighted by Gasteiger charge is -2.12. The van der Waals surface area contributed by atoms with Gasteiger partial charge < -0.3 is 4.57 Å². The van der Waals surface area contributed by atoms with Crippen molar-refractivity contribution in [1.29, 1.82) is 5.26 Å². The van der Waals surface area contributed by atoms with Crippen molar-refractivity contribution in [1.82, 2.24) is 19.5 Å². The van der Waals surface area contributed by atoms with Crippen LogP contribution in [0.3, 0.4) is 0 Å². The summed E-state index contributed by atoms with van der Waals surface area (Å²) in [6.45, 7) is 0. The summed E-state index contributed by atoms with van der Waals surface area (Å²) in [5.74, 6) is 1.65. The number of nitriles is 1. The minimum atomic E-state index is 0.517. The second kappa shape index (κ2) is 12.1. The van der Waals surface area contributed by atoms with E-state index in [0.29, 0.717) is 23.0 Å². The van der Waals surface area contributed by atoms with Crippen molar-refractivity contribution in [3.63, 3.8) is 0 Å². The van der Waals surface area contributed by atoms with Crippen LogP contribution in [-0.4, -0.2) is 19.5 Å². The molecule has 0 radical (unpaired) electrons. The van der Waals surface area contributed by atoms with Crippen LogP contribution in [0.2, 0.25) is 0 Å². The van der Waals surface area contributed by atoms with E-state index >= 15 is 0 Å². The largest absolute Gasteiger partial charge is 0.309 e. The third-order valence-electron chi connectivity index (χ3n) is 9.67. The number of benzene rings is 7. The van der Waals surface area contributed by atoms with Gasteiger partial charge in [-0.25, -0.2) is 15.0 Å². The zero-order valence-corrected chi connectivity index (χ0v) is 28.5. The highest BCUT2D eigenvalue weighted by atomic mass is 32.1. The highest BCUT2D eigenvalue weighted by molar-refractivity contribution is 7.26. The summed E-state index contributed by atoms with van der Waals surface area (Å²) in [6.07, 6.45) is 0. The Labute approximate surface area is 303 Å². The third kappa shape index (κ3) is 4.95. The lowest BCUT2D eigenvalue weighted by molar-refractivity contribution is 1.07. The number of rotatable bonds is 5. The Morgan fingerprint density at radius 3 is 1.92 bits per heavy atom. The molecule has 0 aliphatic carbocycles. The van der Waals surface area contributed by atoms with Crippen LogP contribution in [0.15, 0.2) is 164 Å². The minimum absolute atomic E-state index is 0.517. The Morgan fingerprint density at radius 1 is 0.462 bits per heavy atom. The second-order valence-corrected chi connectivity index (χ2v) is 13.8. The second-order valence-electron chi connectivity index (χ2n) is 12.8. The van der Waals surface area contributed by atoms with E-state index in [2.05, 4.69) is 114 Å². The Morgan fingerprint density at radius 2 is 1.10 bits per heavy atom. The van der Waals surface area contributed by atoms with E-state index in [0.717, 1.165) is 33.4 Å². The van der Waals surface area contributed by atoms with Crippen molar-refractivity contribution in [2.45, 2.75) is 0 Å². The van der Waals surface area contributed by atoms with Gasteiger partial charge in [0.25, 0.3) is 0 Å². The number of nitrogens with zero attached hydrogens (tertiary/aromatic N) is 5. The quantitative estimate of drug-likeness (QED) is 0.181. The first-order valence-corrected chi connectivity index (χ1v) is 17.9. The van der Waals surface area contributed by atoms with Gasteiger partial charge in [-0.15, -0.1) is 11.3 Å². The molecule has 0 saturated carbocycles. The van der Waals surface area contributed by atoms with Crippen molar-refractivity contribution < 1.29 is 0 Å². The van der Waals surface area contributed by atoms with Gasteiger partial charge in [-0.3, -0.25) is 0 Å². The van der Waals surface area contributed by atoms with Gasteiger partial charge in [0, 0.05) is 53.3 Å². The fourth-order valence-corrected chi connectivity index (χ4v) is 8.49. The van der Waals surface area contributed by atoms with Gasteiger partial charge in [-0.05, 0) is 53.6 Å². The predicted octanol–water partition coefficient (Wildman–Crippen LogP) is 11.9. The predicted molar refractivity (Wildman–Crippen MR) is 214 cm³/mol. The molecule has 0 saturated heterocycles. The molecule has 0 spiro atoms. The van der Waals surface area contributed by atoms with E-state index in [1.54, 1.807) is 6.07 Å². The van der Waals surface area contributed by atoms with E-state index in [-0.39, 0.29) is 0 Å². The zero-order chi connectivity index (χ0) is 34.6. The van der Waals surface area contributed by atoms with Gasteiger partial charge in [-0.1, -0.05) is 121 Å². The van der Waals surface area contributed by atoms with Crippen molar-refractivity contribution in [2.75, 3.05) is 0 Å². The maximum Gasteiger partial charge on any atom is 0.164 e.